The first-order valence-electron chi connectivity index (χ1n) is 7.93. The Kier molecular flexibility index (Phi) is 5.55. The van der Waals surface area contributed by atoms with Crippen molar-refractivity contribution >= 4 is 5.91 Å². The molecule has 5 nitrogen and oxygen atoms in total. The highest BCUT2D eigenvalue weighted by atomic mass is 16.3. The maximum absolute atomic E-state index is 12.4. The van der Waals surface area contributed by atoms with E-state index in [1.54, 1.807) is 4.68 Å². The maximum Gasteiger partial charge on any atom is 0.244 e. The van der Waals surface area contributed by atoms with Gasteiger partial charge in [0.25, 0.3) is 0 Å². The van der Waals surface area contributed by atoms with Gasteiger partial charge in [0.15, 0.2) is 0 Å². The van der Waals surface area contributed by atoms with Gasteiger partial charge < -0.3 is 10.4 Å². The number of nitrogens with one attached hydrogen (secondary N) is 1. The summed E-state index contributed by atoms with van der Waals surface area (Å²) >= 11 is 0. The maximum atomic E-state index is 12.4. The molecule has 124 valence electrons. The molecule has 0 fully saturated rings. The fourth-order valence-electron chi connectivity index (χ4n) is 2.62. The van der Waals surface area contributed by atoms with Crippen molar-refractivity contribution in [3.8, 4) is 0 Å². The summed E-state index contributed by atoms with van der Waals surface area (Å²) in [7, 11) is 0. The number of hydrogen-bond donors (Lipinski definition) is 2. The number of aromatic nitrogens is 2. The number of rotatable bonds is 6. The smallest absolute Gasteiger partial charge is 0.244 e. The van der Waals surface area contributed by atoms with Gasteiger partial charge in [0.2, 0.25) is 5.91 Å². The van der Waals surface area contributed by atoms with Gasteiger partial charge in [-0.15, -0.1) is 0 Å². The highest BCUT2D eigenvalue weighted by Crippen LogP contribution is 2.12. The standard InChI is InChI=1S/C18H25N3O2/c1-12-10-13(2)21(20-12)15(4)18(23)19-14(3)17(22)11-16-8-6-5-7-9-16/h5-10,14-15,17,22H,11H2,1-4H3,(H,19,23). The third kappa shape index (κ3) is 4.42. The van der Waals surface area contributed by atoms with E-state index in [2.05, 4.69) is 10.4 Å². The van der Waals surface area contributed by atoms with Crippen LogP contribution in [0, 0.1) is 13.8 Å². The van der Waals surface area contributed by atoms with Crippen molar-refractivity contribution < 1.29 is 9.90 Å². The normalized spacial score (nSPS) is 15.0. The van der Waals surface area contributed by atoms with Crippen LogP contribution in [0.4, 0.5) is 0 Å². The summed E-state index contributed by atoms with van der Waals surface area (Å²) in [5.41, 5.74) is 2.88. The Morgan fingerprint density at radius 2 is 1.91 bits per heavy atom. The first-order chi connectivity index (χ1) is 10.9. The van der Waals surface area contributed by atoms with E-state index in [-0.39, 0.29) is 11.9 Å². The zero-order chi connectivity index (χ0) is 17.0. The van der Waals surface area contributed by atoms with Gasteiger partial charge in [-0.2, -0.15) is 5.10 Å². The van der Waals surface area contributed by atoms with Crippen molar-refractivity contribution in [3.63, 3.8) is 0 Å². The van der Waals surface area contributed by atoms with Crippen LogP contribution in [0.5, 0.6) is 0 Å². The lowest BCUT2D eigenvalue weighted by atomic mass is 10.0. The molecule has 5 heteroatoms. The molecule has 2 aromatic rings. The average Bonchev–Trinajstić information content (AvgIpc) is 2.85. The molecule has 23 heavy (non-hydrogen) atoms. The molecule has 0 saturated heterocycles. The van der Waals surface area contributed by atoms with E-state index in [1.165, 1.54) is 0 Å². The van der Waals surface area contributed by atoms with Crippen molar-refractivity contribution in [1.29, 1.82) is 0 Å². The number of benzene rings is 1. The number of hydrogen-bond acceptors (Lipinski definition) is 3. The van der Waals surface area contributed by atoms with E-state index >= 15 is 0 Å². The summed E-state index contributed by atoms with van der Waals surface area (Å²) in [6.07, 6.45) is -0.120. The molecule has 2 N–H and O–H groups in total. The molecule has 3 atom stereocenters. The summed E-state index contributed by atoms with van der Waals surface area (Å²) in [5.74, 6) is -0.143. The highest BCUT2D eigenvalue weighted by Gasteiger charge is 2.22. The second-order valence-corrected chi connectivity index (χ2v) is 6.10. The minimum atomic E-state index is -0.631. The number of aliphatic hydroxyl groups is 1. The molecule has 1 heterocycles. The van der Waals surface area contributed by atoms with E-state index in [0.717, 1.165) is 17.0 Å². The van der Waals surface area contributed by atoms with Crippen molar-refractivity contribution in [3.05, 3.63) is 53.3 Å². The largest absolute Gasteiger partial charge is 0.391 e. The van der Waals surface area contributed by atoms with Gasteiger partial charge >= 0.3 is 0 Å². The number of amides is 1. The summed E-state index contributed by atoms with van der Waals surface area (Å²) in [6.45, 7) is 7.46. The van der Waals surface area contributed by atoms with Crippen LogP contribution in [-0.4, -0.2) is 32.9 Å². The van der Waals surface area contributed by atoms with Crippen LogP contribution >= 0.6 is 0 Å². The zero-order valence-corrected chi connectivity index (χ0v) is 14.2. The summed E-state index contributed by atoms with van der Waals surface area (Å²) in [4.78, 5) is 12.4. The molecule has 1 aromatic carbocycles. The number of aryl methyl sites for hydroxylation is 2. The van der Waals surface area contributed by atoms with Crippen molar-refractivity contribution in [2.75, 3.05) is 0 Å². The predicted octanol–water partition coefficient (Wildman–Crippen LogP) is 2.17. The van der Waals surface area contributed by atoms with E-state index < -0.39 is 12.1 Å². The van der Waals surface area contributed by atoms with Crippen LogP contribution in [-0.2, 0) is 11.2 Å². The van der Waals surface area contributed by atoms with Gasteiger partial charge in [0.05, 0.1) is 17.8 Å². The summed E-state index contributed by atoms with van der Waals surface area (Å²) in [5, 5.41) is 17.5. The average molecular weight is 315 g/mol. The van der Waals surface area contributed by atoms with Crippen LogP contribution in [0.25, 0.3) is 0 Å². The molecular weight excluding hydrogens is 290 g/mol. The Balaban J connectivity index is 1.94. The van der Waals surface area contributed by atoms with E-state index in [4.69, 9.17) is 0 Å². The monoisotopic (exact) mass is 315 g/mol. The van der Waals surface area contributed by atoms with Crippen LogP contribution in [0.15, 0.2) is 36.4 Å². The van der Waals surface area contributed by atoms with Gasteiger partial charge in [0.1, 0.15) is 6.04 Å². The number of aliphatic hydroxyl groups excluding tert-OH is 1. The molecule has 0 spiro atoms. The highest BCUT2D eigenvalue weighted by molar-refractivity contribution is 5.80. The van der Waals surface area contributed by atoms with Gasteiger partial charge in [-0.3, -0.25) is 9.48 Å². The second-order valence-electron chi connectivity index (χ2n) is 6.10. The lowest BCUT2D eigenvalue weighted by Gasteiger charge is -2.23. The van der Waals surface area contributed by atoms with Crippen LogP contribution in [0.3, 0.4) is 0 Å². The number of carbonyl (C=O) groups excluding carboxylic acids is 1. The molecule has 0 aliphatic carbocycles. The summed E-state index contributed by atoms with van der Waals surface area (Å²) in [6, 6.07) is 11.0. The Morgan fingerprint density at radius 3 is 2.48 bits per heavy atom. The Labute approximate surface area is 137 Å². The van der Waals surface area contributed by atoms with Crippen LogP contribution in [0.2, 0.25) is 0 Å². The van der Waals surface area contributed by atoms with Gasteiger partial charge in [-0.1, -0.05) is 30.3 Å². The topological polar surface area (TPSA) is 67.2 Å². The lowest BCUT2D eigenvalue weighted by molar-refractivity contribution is -0.125. The van der Waals surface area contributed by atoms with Gasteiger partial charge in [-0.05, 0) is 39.3 Å². The minimum Gasteiger partial charge on any atom is -0.391 e. The number of carbonyl (C=O) groups is 1. The molecule has 2 rings (SSSR count). The van der Waals surface area contributed by atoms with E-state index in [0.29, 0.717) is 6.42 Å². The fraction of sp³-hybridized carbons (Fsp3) is 0.444. The molecule has 3 unspecified atom stereocenters. The molecule has 0 aliphatic heterocycles. The quantitative estimate of drug-likeness (QED) is 0.858. The second kappa shape index (κ2) is 7.42. The fourth-order valence-corrected chi connectivity index (χ4v) is 2.62. The third-order valence-electron chi connectivity index (χ3n) is 4.03. The predicted molar refractivity (Wildman–Crippen MR) is 90.2 cm³/mol. The summed E-state index contributed by atoms with van der Waals surface area (Å²) < 4.78 is 1.71. The van der Waals surface area contributed by atoms with Gasteiger partial charge in [0, 0.05) is 12.1 Å². The Hall–Kier alpha value is -2.14. The van der Waals surface area contributed by atoms with Crippen molar-refractivity contribution in [1.82, 2.24) is 15.1 Å². The lowest BCUT2D eigenvalue weighted by Crippen LogP contribution is -2.44. The Morgan fingerprint density at radius 1 is 1.26 bits per heavy atom. The van der Waals surface area contributed by atoms with Crippen molar-refractivity contribution in [2.24, 2.45) is 0 Å². The Bertz CT molecular complexity index is 652. The zero-order valence-electron chi connectivity index (χ0n) is 14.2. The van der Waals surface area contributed by atoms with Crippen molar-refractivity contribution in [2.45, 2.75) is 52.3 Å². The first kappa shape index (κ1) is 17.2. The molecule has 1 amide bonds. The third-order valence-corrected chi connectivity index (χ3v) is 4.03. The first-order valence-corrected chi connectivity index (χ1v) is 7.93. The molecule has 0 aliphatic rings. The van der Waals surface area contributed by atoms with Gasteiger partial charge in [-0.25, -0.2) is 0 Å². The SMILES string of the molecule is Cc1cc(C)n(C(C)C(=O)NC(C)C(O)Cc2ccccc2)n1. The molecule has 1 aromatic heterocycles. The van der Waals surface area contributed by atoms with Crippen LogP contribution in [0.1, 0.15) is 36.8 Å². The molecule has 0 saturated carbocycles. The van der Waals surface area contributed by atoms with E-state index in [1.807, 2.05) is 64.1 Å². The molecular formula is C18H25N3O2. The van der Waals surface area contributed by atoms with E-state index in [9.17, 15) is 9.90 Å². The number of nitrogens with zero attached hydrogens (tertiary/aromatic N) is 2. The minimum absolute atomic E-state index is 0.143. The molecule has 0 bridgehead atoms. The molecule has 0 radical (unpaired) electrons. The van der Waals surface area contributed by atoms with Crippen LogP contribution < -0.4 is 5.32 Å².